The number of hydrogen-bond acceptors (Lipinski definition) is 3. The second-order valence-corrected chi connectivity index (χ2v) is 6.38. The monoisotopic (exact) mass is 297 g/mol. The van der Waals surface area contributed by atoms with Gasteiger partial charge >= 0.3 is 5.97 Å². The van der Waals surface area contributed by atoms with Gasteiger partial charge in [0.2, 0.25) is 0 Å². The summed E-state index contributed by atoms with van der Waals surface area (Å²) in [5.74, 6) is -0.0311. The molecule has 3 nitrogen and oxygen atoms in total. The van der Waals surface area contributed by atoms with Crippen molar-refractivity contribution in [3.8, 4) is 0 Å². The molecule has 1 rings (SSSR count). The lowest BCUT2D eigenvalue weighted by Gasteiger charge is -2.24. The standard InChI is InChI=1S/C18H35NO2/c1-2-3-4-5-6-7-8-9-10-12-15-18(20)21-19-16-13-11-14-17-19/h2-17H2,1H3. The van der Waals surface area contributed by atoms with E-state index < -0.39 is 0 Å². The van der Waals surface area contributed by atoms with Gasteiger partial charge in [-0.2, -0.15) is 0 Å². The first kappa shape index (κ1) is 18.5. The molecule has 0 atom stereocenters. The Morgan fingerprint density at radius 3 is 1.90 bits per heavy atom. The van der Waals surface area contributed by atoms with Gasteiger partial charge in [-0.25, -0.2) is 0 Å². The van der Waals surface area contributed by atoms with Crippen molar-refractivity contribution in [1.82, 2.24) is 5.06 Å². The molecule has 1 heterocycles. The van der Waals surface area contributed by atoms with E-state index in [1.165, 1.54) is 64.2 Å². The van der Waals surface area contributed by atoms with Crippen molar-refractivity contribution in [2.75, 3.05) is 13.1 Å². The summed E-state index contributed by atoms with van der Waals surface area (Å²) < 4.78 is 0. The molecular formula is C18H35NO2. The van der Waals surface area contributed by atoms with E-state index in [0.717, 1.165) is 32.4 Å². The number of nitrogens with zero attached hydrogens (tertiary/aromatic N) is 1. The second-order valence-electron chi connectivity index (χ2n) is 6.38. The Kier molecular flexibility index (Phi) is 11.5. The largest absolute Gasteiger partial charge is 0.368 e. The zero-order chi connectivity index (χ0) is 15.2. The van der Waals surface area contributed by atoms with Crippen molar-refractivity contribution in [3.63, 3.8) is 0 Å². The quantitative estimate of drug-likeness (QED) is 0.461. The summed E-state index contributed by atoms with van der Waals surface area (Å²) in [6.07, 6.45) is 17.2. The topological polar surface area (TPSA) is 29.5 Å². The van der Waals surface area contributed by atoms with Crippen molar-refractivity contribution < 1.29 is 9.63 Å². The van der Waals surface area contributed by atoms with Crippen LogP contribution >= 0.6 is 0 Å². The molecule has 0 aromatic rings. The zero-order valence-corrected chi connectivity index (χ0v) is 14.1. The molecule has 0 radical (unpaired) electrons. The highest BCUT2D eigenvalue weighted by Gasteiger charge is 2.14. The maximum absolute atomic E-state index is 11.7. The van der Waals surface area contributed by atoms with E-state index in [1.54, 1.807) is 0 Å². The van der Waals surface area contributed by atoms with Crippen molar-refractivity contribution in [2.45, 2.75) is 96.8 Å². The molecule has 0 spiro atoms. The Labute approximate surface area is 131 Å². The van der Waals surface area contributed by atoms with Crippen LogP contribution in [0, 0.1) is 0 Å². The predicted molar refractivity (Wildman–Crippen MR) is 88.0 cm³/mol. The fourth-order valence-electron chi connectivity index (χ4n) is 2.90. The third kappa shape index (κ3) is 10.8. The molecule has 21 heavy (non-hydrogen) atoms. The van der Waals surface area contributed by atoms with Gasteiger partial charge in [-0.15, -0.1) is 5.06 Å². The fraction of sp³-hybridized carbons (Fsp3) is 0.944. The number of rotatable bonds is 12. The Bertz CT molecular complexity index is 250. The van der Waals surface area contributed by atoms with Gasteiger partial charge in [0, 0.05) is 19.5 Å². The first-order valence-electron chi connectivity index (χ1n) is 9.28. The van der Waals surface area contributed by atoms with Gasteiger partial charge in [-0.05, 0) is 19.3 Å². The lowest BCUT2D eigenvalue weighted by molar-refractivity contribution is -0.194. The van der Waals surface area contributed by atoms with Crippen molar-refractivity contribution >= 4 is 5.97 Å². The first-order chi connectivity index (χ1) is 10.3. The molecule has 0 aromatic carbocycles. The fourth-order valence-corrected chi connectivity index (χ4v) is 2.90. The van der Waals surface area contributed by atoms with Gasteiger partial charge in [-0.3, -0.25) is 4.79 Å². The SMILES string of the molecule is CCCCCCCCCCCCC(=O)ON1CCCCC1. The average Bonchev–Trinajstić information content (AvgIpc) is 2.50. The van der Waals surface area contributed by atoms with Crippen molar-refractivity contribution in [1.29, 1.82) is 0 Å². The highest BCUT2D eigenvalue weighted by molar-refractivity contribution is 5.68. The maximum atomic E-state index is 11.7. The Morgan fingerprint density at radius 1 is 0.810 bits per heavy atom. The molecule has 124 valence electrons. The van der Waals surface area contributed by atoms with Gasteiger partial charge in [0.15, 0.2) is 0 Å². The predicted octanol–water partition coefficient (Wildman–Crippen LogP) is 5.24. The number of hydrogen-bond donors (Lipinski definition) is 0. The molecule has 1 saturated heterocycles. The summed E-state index contributed by atoms with van der Waals surface area (Å²) in [7, 11) is 0. The highest BCUT2D eigenvalue weighted by Crippen LogP contribution is 2.13. The van der Waals surface area contributed by atoms with Crippen LogP contribution in [0.5, 0.6) is 0 Å². The summed E-state index contributed by atoms with van der Waals surface area (Å²) in [5.41, 5.74) is 0. The molecule has 0 aromatic heterocycles. The third-order valence-electron chi connectivity index (χ3n) is 4.28. The molecule has 1 aliphatic rings. The van der Waals surface area contributed by atoms with Crippen LogP contribution in [0.1, 0.15) is 96.8 Å². The van der Waals surface area contributed by atoms with Crippen LogP contribution in [0.25, 0.3) is 0 Å². The number of piperidine rings is 1. The van der Waals surface area contributed by atoms with E-state index in [9.17, 15) is 4.79 Å². The minimum Gasteiger partial charge on any atom is -0.368 e. The second kappa shape index (κ2) is 13.1. The summed E-state index contributed by atoms with van der Waals surface area (Å²) in [4.78, 5) is 17.1. The molecule has 1 aliphatic heterocycles. The molecule has 0 saturated carbocycles. The molecule has 0 amide bonds. The Hall–Kier alpha value is -0.570. The van der Waals surface area contributed by atoms with Crippen LogP contribution < -0.4 is 0 Å². The molecular weight excluding hydrogens is 262 g/mol. The van der Waals surface area contributed by atoms with Gasteiger partial charge in [0.25, 0.3) is 0 Å². The first-order valence-corrected chi connectivity index (χ1v) is 9.28. The Morgan fingerprint density at radius 2 is 1.33 bits per heavy atom. The number of unbranched alkanes of at least 4 members (excludes halogenated alkanes) is 9. The van der Waals surface area contributed by atoms with Gasteiger partial charge in [-0.1, -0.05) is 71.1 Å². The summed E-state index contributed by atoms with van der Waals surface area (Å²) in [6.45, 7) is 4.10. The smallest absolute Gasteiger partial charge is 0.325 e. The maximum Gasteiger partial charge on any atom is 0.325 e. The van der Waals surface area contributed by atoms with Crippen LogP contribution in [-0.2, 0) is 9.63 Å². The zero-order valence-electron chi connectivity index (χ0n) is 14.1. The number of carbonyl (C=O) groups is 1. The van der Waals surface area contributed by atoms with Crippen molar-refractivity contribution in [3.05, 3.63) is 0 Å². The van der Waals surface area contributed by atoms with E-state index in [4.69, 9.17) is 4.84 Å². The molecule has 0 aliphatic carbocycles. The summed E-state index contributed by atoms with van der Waals surface area (Å²) in [6, 6.07) is 0. The van der Waals surface area contributed by atoms with Crippen LogP contribution in [0.15, 0.2) is 0 Å². The van der Waals surface area contributed by atoms with Crippen LogP contribution in [0.2, 0.25) is 0 Å². The molecule has 1 fully saturated rings. The van der Waals surface area contributed by atoms with Crippen LogP contribution in [0.4, 0.5) is 0 Å². The van der Waals surface area contributed by atoms with Crippen LogP contribution in [0.3, 0.4) is 0 Å². The lowest BCUT2D eigenvalue weighted by atomic mass is 10.1. The van der Waals surface area contributed by atoms with E-state index in [2.05, 4.69) is 6.92 Å². The molecule has 0 unspecified atom stereocenters. The summed E-state index contributed by atoms with van der Waals surface area (Å²) >= 11 is 0. The van der Waals surface area contributed by atoms with E-state index in [0.29, 0.717) is 6.42 Å². The number of hydroxylamine groups is 2. The lowest BCUT2D eigenvalue weighted by Crippen LogP contribution is -2.32. The van der Waals surface area contributed by atoms with E-state index in [-0.39, 0.29) is 5.97 Å². The number of carbonyl (C=O) groups excluding carboxylic acids is 1. The molecule has 3 heteroatoms. The third-order valence-corrected chi connectivity index (χ3v) is 4.28. The van der Waals surface area contributed by atoms with E-state index >= 15 is 0 Å². The van der Waals surface area contributed by atoms with Gasteiger partial charge < -0.3 is 4.84 Å². The van der Waals surface area contributed by atoms with Gasteiger partial charge in [0.1, 0.15) is 0 Å². The van der Waals surface area contributed by atoms with Crippen LogP contribution in [-0.4, -0.2) is 24.1 Å². The highest BCUT2D eigenvalue weighted by atomic mass is 16.7. The van der Waals surface area contributed by atoms with Crippen molar-refractivity contribution in [2.24, 2.45) is 0 Å². The van der Waals surface area contributed by atoms with Gasteiger partial charge in [0.05, 0.1) is 0 Å². The molecule has 0 bridgehead atoms. The summed E-state index contributed by atoms with van der Waals surface area (Å²) in [5, 5.41) is 1.85. The Balaban J connectivity index is 1.81. The van der Waals surface area contributed by atoms with E-state index in [1.807, 2.05) is 5.06 Å². The minimum absolute atomic E-state index is 0.0311. The normalized spacial score (nSPS) is 16.0. The minimum atomic E-state index is -0.0311. The average molecular weight is 297 g/mol. The molecule has 0 N–H and O–H groups in total.